The predicted octanol–water partition coefficient (Wildman–Crippen LogP) is 1.75. The van der Waals surface area contributed by atoms with Gasteiger partial charge in [-0.25, -0.2) is 4.79 Å². The lowest BCUT2D eigenvalue weighted by Crippen LogP contribution is -2.45. The van der Waals surface area contributed by atoms with Crippen molar-refractivity contribution in [3.05, 3.63) is 0 Å². The summed E-state index contributed by atoms with van der Waals surface area (Å²) in [5, 5.41) is 13.1. The van der Waals surface area contributed by atoms with Crippen molar-refractivity contribution in [2.45, 2.75) is 64.2 Å². The Morgan fingerprint density at radius 1 is 1.40 bits per heavy atom. The zero-order valence-electron chi connectivity index (χ0n) is 12.9. The van der Waals surface area contributed by atoms with Crippen LogP contribution in [0.1, 0.15) is 46.5 Å². The Kier molecular flexibility index (Phi) is 4.91. The van der Waals surface area contributed by atoms with Gasteiger partial charge in [0, 0.05) is 25.7 Å². The minimum Gasteiger partial charge on any atom is -0.444 e. The van der Waals surface area contributed by atoms with Crippen LogP contribution in [0, 0.1) is 5.92 Å². The first-order valence-electron chi connectivity index (χ1n) is 7.75. The highest BCUT2D eigenvalue weighted by Gasteiger charge is 2.33. The number of carbonyl (C=O) groups is 1. The van der Waals surface area contributed by atoms with E-state index in [-0.39, 0.29) is 18.2 Å². The molecule has 0 spiro atoms. The van der Waals surface area contributed by atoms with E-state index < -0.39 is 5.60 Å². The van der Waals surface area contributed by atoms with Crippen LogP contribution < -0.4 is 5.32 Å². The maximum atomic E-state index is 12.1. The maximum absolute atomic E-state index is 12.1. The number of nitrogens with zero attached hydrogens (tertiary/aromatic N) is 1. The molecule has 5 heteroatoms. The van der Waals surface area contributed by atoms with Gasteiger partial charge in [0.25, 0.3) is 0 Å². The molecule has 2 unspecified atom stereocenters. The minimum atomic E-state index is -0.445. The van der Waals surface area contributed by atoms with Gasteiger partial charge >= 0.3 is 6.09 Å². The van der Waals surface area contributed by atoms with Gasteiger partial charge in [-0.1, -0.05) is 0 Å². The number of hydrogen-bond acceptors (Lipinski definition) is 4. The van der Waals surface area contributed by atoms with Crippen LogP contribution >= 0.6 is 0 Å². The fraction of sp³-hybridized carbons (Fsp3) is 0.933. The third-order valence-electron chi connectivity index (χ3n) is 3.90. The molecule has 20 heavy (non-hydrogen) atoms. The molecular formula is C15H28N2O3. The lowest BCUT2D eigenvalue weighted by Gasteiger charge is -2.29. The van der Waals surface area contributed by atoms with Crippen LogP contribution in [0.25, 0.3) is 0 Å². The quantitative estimate of drug-likeness (QED) is 0.807. The SMILES string of the molecule is CC(C)(C)OC(=O)N1CCCC1CNCC(O)C1CC1. The molecule has 1 saturated heterocycles. The van der Waals surface area contributed by atoms with E-state index in [2.05, 4.69) is 5.32 Å². The second kappa shape index (κ2) is 6.31. The van der Waals surface area contributed by atoms with Crippen LogP contribution in [0.4, 0.5) is 4.79 Å². The first-order valence-corrected chi connectivity index (χ1v) is 7.75. The van der Waals surface area contributed by atoms with Gasteiger partial charge in [0.15, 0.2) is 0 Å². The van der Waals surface area contributed by atoms with Crippen molar-refractivity contribution < 1.29 is 14.6 Å². The third kappa shape index (κ3) is 4.63. The number of carbonyl (C=O) groups excluding carboxylic acids is 1. The van der Waals surface area contributed by atoms with Crippen molar-refractivity contribution in [1.29, 1.82) is 0 Å². The molecule has 0 bridgehead atoms. The summed E-state index contributed by atoms with van der Waals surface area (Å²) in [5.74, 6) is 0.494. The molecular weight excluding hydrogens is 256 g/mol. The Labute approximate surface area is 121 Å². The second-order valence-electron chi connectivity index (χ2n) is 7.03. The molecule has 2 atom stereocenters. The number of nitrogens with one attached hydrogen (secondary N) is 1. The molecule has 2 N–H and O–H groups in total. The zero-order valence-corrected chi connectivity index (χ0v) is 12.9. The van der Waals surface area contributed by atoms with Gasteiger partial charge in [-0.2, -0.15) is 0 Å². The number of hydrogen-bond donors (Lipinski definition) is 2. The summed E-state index contributed by atoms with van der Waals surface area (Å²) in [6.45, 7) is 7.81. The Bertz CT molecular complexity index is 337. The van der Waals surface area contributed by atoms with Gasteiger partial charge in [-0.3, -0.25) is 0 Å². The third-order valence-corrected chi connectivity index (χ3v) is 3.90. The monoisotopic (exact) mass is 284 g/mol. The number of aliphatic hydroxyl groups is 1. The molecule has 2 rings (SSSR count). The van der Waals surface area contributed by atoms with Crippen LogP contribution in [0.5, 0.6) is 0 Å². The van der Waals surface area contributed by atoms with Crippen molar-refractivity contribution in [2.24, 2.45) is 5.92 Å². The zero-order chi connectivity index (χ0) is 14.8. The Balaban J connectivity index is 1.73. The van der Waals surface area contributed by atoms with E-state index in [1.807, 2.05) is 25.7 Å². The molecule has 2 fully saturated rings. The molecule has 1 aliphatic heterocycles. The summed E-state index contributed by atoms with van der Waals surface area (Å²) in [6.07, 6.45) is 3.88. The Hall–Kier alpha value is -0.810. The molecule has 0 aromatic heterocycles. The highest BCUT2D eigenvalue weighted by molar-refractivity contribution is 5.69. The smallest absolute Gasteiger partial charge is 0.410 e. The molecule has 1 aliphatic carbocycles. The van der Waals surface area contributed by atoms with Crippen molar-refractivity contribution in [3.8, 4) is 0 Å². The van der Waals surface area contributed by atoms with E-state index in [1.165, 1.54) is 0 Å². The molecule has 1 amide bonds. The molecule has 2 aliphatic rings. The van der Waals surface area contributed by atoms with Crippen LogP contribution in [0.3, 0.4) is 0 Å². The van der Waals surface area contributed by atoms with Crippen molar-refractivity contribution in [3.63, 3.8) is 0 Å². The number of likely N-dealkylation sites (tertiary alicyclic amines) is 1. The van der Waals surface area contributed by atoms with E-state index in [4.69, 9.17) is 4.74 Å². The van der Waals surface area contributed by atoms with E-state index in [1.54, 1.807) is 0 Å². The van der Waals surface area contributed by atoms with Gasteiger partial charge in [0.2, 0.25) is 0 Å². The number of amides is 1. The van der Waals surface area contributed by atoms with Crippen LogP contribution in [0.2, 0.25) is 0 Å². The highest BCUT2D eigenvalue weighted by Crippen LogP contribution is 2.32. The van der Waals surface area contributed by atoms with E-state index in [9.17, 15) is 9.90 Å². The summed E-state index contributed by atoms with van der Waals surface area (Å²) < 4.78 is 5.44. The first-order chi connectivity index (χ1) is 9.37. The lowest BCUT2D eigenvalue weighted by molar-refractivity contribution is 0.0224. The fourth-order valence-electron chi connectivity index (χ4n) is 2.65. The molecule has 1 heterocycles. The van der Waals surface area contributed by atoms with E-state index in [0.717, 1.165) is 38.8 Å². The maximum Gasteiger partial charge on any atom is 0.410 e. The number of rotatable bonds is 5. The van der Waals surface area contributed by atoms with Gasteiger partial charge < -0.3 is 20.1 Å². The average Bonchev–Trinajstić information content (AvgIpc) is 3.07. The van der Waals surface area contributed by atoms with Crippen LogP contribution in [0.15, 0.2) is 0 Å². The van der Waals surface area contributed by atoms with Crippen LogP contribution in [-0.2, 0) is 4.74 Å². The van der Waals surface area contributed by atoms with Gasteiger partial charge in [0.05, 0.1) is 6.10 Å². The van der Waals surface area contributed by atoms with E-state index in [0.29, 0.717) is 12.5 Å². The summed E-state index contributed by atoms with van der Waals surface area (Å²) in [7, 11) is 0. The summed E-state index contributed by atoms with van der Waals surface area (Å²) >= 11 is 0. The first kappa shape index (κ1) is 15.6. The Morgan fingerprint density at radius 2 is 2.10 bits per heavy atom. The molecule has 5 nitrogen and oxygen atoms in total. The molecule has 0 radical (unpaired) electrons. The largest absolute Gasteiger partial charge is 0.444 e. The van der Waals surface area contributed by atoms with Crippen molar-refractivity contribution in [1.82, 2.24) is 10.2 Å². The predicted molar refractivity (Wildman–Crippen MR) is 77.6 cm³/mol. The van der Waals surface area contributed by atoms with Gasteiger partial charge in [-0.05, 0) is 52.4 Å². The summed E-state index contributed by atoms with van der Waals surface area (Å²) in [4.78, 5) is 13.9. The topological polar surface area (TPSA) is 61.8 Å². The molecule has 0 aromatic rings. The molecule has 0 aromatic carbocycles. The molecule has 116 valence electrons. The summed E-state index contributed by atoms with van der Waals surface area (Å²) in [5.41, 5.74) is -0.445. The normalized spacial score (nSPS) is 24.8. The number of ether oxygens (including phenoxy) is 1. The van der Waals surface area contributed by atoms with Crippen LogP contribution in [-0.4, -0.2) is 53.5 Å². The molecule has 1 saturated carbocycles. The summed E-state index contributed by atoms with van der Waals surface area (Å²) in [6, 6.07) is 0.191. The lowest BCUT2D eigenvalue weighted by atomic mass is 10.2. The minimum absolute atomic E-state index is 0.191. The number of aliphatic hydroxyl groups excluding tert-OH is 1. The fourth-order valence-corrected chi connectivity index (χ4v) is 2.65. The second-order valence-corrected chi connectivity index (χ2v) is 7.03. The highest BCUT2D eigenvalue weighted by atomic mass is 16.6. The Morgan fingerprint density at radius 3 is 2.70 bits per heavy atom. The standard InChI is InChI=1S/C15H28N2O3/c1-15(2,3)20-14(19)17-8-4-5-12(17)9-16-10-13(18)11-6-7-11/h11-13,16,18H,4-10H2,1-3H3. The van der Waals surface area contributed by atoms with Crippen molar-refractivity contribution >= 4 is 6.09 Å². The van der Waals surface area contributed by atoms with Crippen molar-refractivity contribution in [2.75, 3.05) is 19.6 Å². The van der Waals surface area contributed by atoms with Gasteiger partial charge in [-0.15, -0.1) is 0 Å². The van der Waals surface area contributed by atoms with E-state index >= 15 is 0 Å². The van der Waals surface area contributed by atoms with Gasteiger partial charge in [0.1, 0.15) is 5.60 Å². The average molecular weight is 284 g/mol.